The van der Waals surface area contributed by atoms with Crippen molar-refractivity contribution in [2.45, 2.75) is 26.2 Å². The average molecular weight is 451 g/mol. The van der Waals surface area contributed by atoms with E-state index in [0.29, 0.717) is 28.7 Å². The van der Waals surface area contributed by atoms with Crippen LogP contribution >= 0.6 is 11.3 Å². The standard InChI is InChI=1S/C25H26N2O4S/c1-4-31-18-13-11-17(12-14-18)27-24(28)22-19-8-6-10-21(19)32-25(22)26-15-16-7-5-9-20(29-2)23(16)30-3/h5,7,9,11-15H,4,6,8,10H2,1-3H3,(H,27,28). The number of hydrogen-bond acceptors (Lipinski definition) is 6. The molecular formula is C25H26N2O4S. The normalized spacial score (nSPS) is 12.6. The van der Waals surface area contributed by atoms with Gasteiger partial charge in [0.05, 0.1) is 26.4 Å². The van der Waals surface area contributed by atoms with Crippen molar-refractivity contribution >= 4 is 34.1 Å². The van der Waals surface area contributed by atoms with Gasteiger partial charge in [-0.15, -0.1) is 11.3 Å². The molecule has 0 atom stereocenters. The number of nitrogens with zero attached hydrogens (tertiary/aromatic N) is 1. The molecule has 1 aliphatic carbocycles. The second-order valence-electron chi connectivity index (χ2n) is 7.29. The molecule has 0 saturated carbocycles. The molecule has 3 aromatic rings. The Morgan fingerprint density at radius 3 is 2.66 bits per heavy atom. The van der Waals surface area contributed by atoms with Crippen molar-refractivity contribution in [3.63, 3.8) is 0 Å². The number of methoxy groups -OCH3 is 2. The van der Waals surface area contributed by atoms with Gasteiger partial charge in [-0.2, -0.15) is 0 Å². The summed E-state index contributed by atoms with van der Waals surface area (Å²) in [4.78, 5) is 19.2. The number of ether oxygens (including phenoxy) is 3. The topological polar surface area (TPSA) is 69.2 Å². The predicted octanol–water partition coefficient (Wildman–Crippen LogP) is 5.66. The van der Waals surface area contributed by atoms with Gasteiger partial charge in [-0.1, -0.05) is 6.07 Å². The Bertz CT molecular complexity index is 1140. The molecule has 1 N–H and O–H groups in total. The SMILES string of the molecule is CCOc1ccc(NC(=O)c2c(N=Cc3cccc(OC)c3OC)sc3c2CCC3)cc1. The molecule has 0 fully saturated rings. The molecule has 0 spiro atoms. The highest BCUT2D eigenvalue weighted by Crippen LogP contribution is 2.41. The van der Waals surface area contributed by atoms with Gasteiger partial charge in [0.2, 0.25) is 0 Å². The number of amides is 1. The first-order chi connectivity index (χ1) is 15.6. The lowest BCUT2D eigenvalue weighted by Crippen LogP contribution is -2.13. The van der Waals surface area contributed by atoms with E-state index in [1.54, 1.807) is 31.8 Å². The molecule has 0 unspecified atom stereocenters. The molecule has 32 heavy (non-hydrogen) atoms. The number of aryl methyl sites for hydroxylation is 1. The second kappa shape index (κ2) is 9.87. The lowest BCUT2D eigenvalue weighted by atomic mass is 10.1. The Kier molecular flexibility index (Phi) is 6.75. The first-order valence-corrected chi connectivity index (χ1v) is 11.4. The van der Waals surface area contributed by atoms with E-state index >= 15 is 0 Å². The van der Waals surface area contributed by atoms with E-state index in [-0.39, 0.29) is 5.91 Å². The zero-order valence-corrected chi connectivity index (χ0v) is 19.3. The van der Waals surface area contributed by atoms with Crippen LogP contribution in [0.15, 0.2) is 47.5 Å². The number of carbonyl (C=O) groups is 1. The minimum atomic E-state index is -0.140. The Labute approximate surface area is 191 Å². The van der Waals surface area contributed by atoms with Crippen LogP contribution in [0.1, 0.15) is 39.7 Å². The van der Waals surface area contributed by atoms with E-state index in [1.807, 2.05) is 49.4 Å². The summed E-state index contributed by atoms with van der Waals surface area (Å²) in [5.74, 6) is 1.89. The van der Waals surface area contributed by atoms with E-state index in [9.17, 15) is 4.79 Å². The van der Waals surface area contributed by atoms with Crippen LogP contribution < -0.4 is 19.5 Å². The van der Waals surface area contributed by atoms with Crippen molar-refractivity contribution in [1.29, 1.82) is 0 Å². The third kappa shape index (κ3) is 4.48. The van der Waals surface area contributed by atoms with Gasteiger partial charge in [0.15, 0.2) is 11.5 Å². The van der Waals surface area contributed by atoms with Gasteiger partial charge in [0.1, 0.15) is 10.8 Å². The summed E-state index contributed by atoms with van der Waals surface area (Å²) >= 11 is 1.59. The van der Waals surface area contributed by atoms with E-state index < -0.39 is 0 Å². The monoisotopic (exact) mass is 450 g/mol. The quantitative estimate of drug-likeness (QED) is 0.450. The summed E-state index contributed by atoms with van der Waals surface area (Å²) in [5, 5.41) is 3.73. The fourth-order valence-electron chi connectivity index (χ4n) is 3.85. The maximum atomic E-state index is 13.2. The van der Waals surface area contributed by atoms with Gasteiger partial charge in [0, 0.05) is 22.3 Å². The van der Waals surface area contributed by atoms with Gasteiger partial charge in [-0.05, 0) is 68.1 Å². The molecule has 2 aromatic carbocycles. The molecule has 6 nitrogen and oxygen atoms in total. The van der Waals surface area contributed by atoms with Crippen LogP contribution in [0.3, 0.4) is 0 Å². The fraction of sp³-hybridized carbons (Fsp3) is 0.280. The summed E-state index contributed by atoms with van der Waals surface area (Å²) < 4.78 is 16.3. The van der Waals surface area contributed by atoms with Crippen molar-refractivity contribution in [2.24, 2.45) is 4.99 Å². The van der Waals surface area contributed by atoms with Crippen LogP contribution in [0.25, 0.3) is 0 Å². The van der Waals surface area contributed by atoms with Crippen molar-refractivity contribution in [3.8, 4) is 17.2 Å². The van der Waals surface area contributed by atoms with Gasteiger partial charge in [-0.25, -0.2) is 4.99 Å². The van der Waals surface area contributed by atoms with Crippen molar-refractivity contribution in [2.75, 3.05) is 26.1 Å². The predicted molar refractivity (Wildman–Crippen MR) is 129 cm³/mol. The maximum Gasteiger partial charge on any atom is 0.259 e. The highest BCUT2D eigenvalue weighted by atomic mass is 32.1. The first kappa shape index (κ1) is 21.9. The highest BCUT2D eigenvalue weighted by molar-refractivity contribution is 7.16. The van der Waals surface area contributed by atoms with Crippen LogP contribution in [-0.2, 0) is 12.8 Å². The second-order valence-corrected chi connectivity index (χ2v) is 8.37. The minimum absolute atomic E-state index is 0.140. The Hall–Kier alpha value is -3.32. The number of thiophene rings is 1. The molecule has 0 saturated heterocycles. The number of rotatable bonds is 8. The Morgan fingerprint density at radius 2 is 1.94 bits per heavy atom. The molecule has 7 heteroatoms. The van der Waals surface area contributed by atoms with Gasteiger partial charge in [0.25, 0.3) is 5.91 Å². The third-order valence-electron chi connectivity index (χ3n) is 5.31. The number of fused-ring (bicyclic) bond motifs is 1. The number of nitrogens with one attached hydrogen (secondary N) is 1. The van der Waals surface area contributed by atoms with E-state index in [4.69, 9.17) is 19.2 Å². The highest BCUT2D eigenvalue weighted by Gasteiger charge is 2.26. The van der Waals surface area contributed by atoms with E-state index in [1.165, 1.54) is 4.88 Å². The number of benzene rings is 2. The van der Waals surface area contributed by atoms with Gasteiger partial charge < -0.3 is 19.5 Å². The van der Waals surface area contributed by atoms with Crippen LogP contribution in [-0.4, -0.2) is 32.9 Å². The Balaban J connectivity index is 1.63. The maximum absolute atomic E-state index is 13.2. The van der Waals surface area contributed by atoms with Crippen molar-refractivity contribution < 1.29 is 19.0 Å². The molecule has 1 aliphatic rings. The average Bonchev–Trinajstić information content (AvgIpc) is 3.39. The molecule has 0 bridgehead atoms. The summed E-state index contributed by atoms with van der Waals surface area (Å²) in [7, 11) is 3.20. The summed E-state index contributed by atoms with van der Waals surface area (Å²) in [6.45, 7) is 2.54. The number of hydrogen-bond donors (Lipinski definition) is 1. The van der Waals surface area contributed by atoms with Crippen LogP contribution in [0.4, 0.5) is 10.7 Å². The number of para-hydroxylation sites is 1. The lowest BCUT2D eigenvalue weighted by molar-refractivity contribution is 0.102. The van der Waals surface area contributed by atoms with E-state index in [2.05, 4.69) is 5.32 Å². The molecule has 1 aromatic heterocycles. The molecule has 0 aliphatic heterocycles. The van der Waals surface area contributed by atoms with Crippen molar-refractivity contribution in [3.05, 3.63) is 64.0 Å². The molecule has 4 rings (SSSR count). The first-order valence-electron chi connectivity index (χ1n) is 10.6. The lowest BCUT2D eigenvalue weighted by Gasteiger charge is -2.10. The minimum Gasteiger partial charge on any atom is -0.494 e. The molecular weight excluding hydrogens is 424 g/mol. The van der Waals surface area contributed by atoms with Crippen LogP contribution in [0.2, 0.25) is 0 Å². The van der Waals surface area contributed by atoms with E-state index in [0.717, 1.165) is 41.8 Å². The molecule has 1 heterocycles. The zero-order valence-electron chi connectivity index (χ0n) is 18.4. The summed E-state index contributed by atoms with van der Waals surface area (Å²) in [6.07, 6.45) is 4.69. The molecule has 0 radical (unpaired) electrons. The van der Waals surface area contributed by atoms with Crippen LogP contribution in [0, 0.1) is 0 Å². The van der Waals surface area contributed by atoms with Crippen molar-refractivity contribution in [1.82, 2.24) is 0 Å². The summed E-state index contributed by atoms with van der Waals surface area (Å²) in [6, 6.07) is 13.0. The molecule has 1 amide bonds. The van der Waals surface area contributed by atoms with Crippen LogP contribution in [0.5, 0.6) is 17.2 Å². The number of carbonyl (C=O) groups excluding carboxylic acids is 1. The van der Waals surface area contributed by atoms with Gasteiger partial charge >= 0.3 is 0 Å². The fourth-order valence-corrected chi connectivity index (χ4v) is 5.08. The molecule has 166 valence electrons. The Morgan fingerprint density at radius 1 is 1.12 bits per heavy atom. The zero-order chi connectivity index (χ0) is 22.5. The summed E-state index contributed by atoms with van der Waals surface area (Å²) in [5.41, 5.74) is 3.29. The smallest absolute Gasteiger partial charge is 0.259 e. The third-order valence-corrected chi connectivity index (χ3v) is 6.51. The largest absolute Gasteiger partial charge is 0.494 e. The van der Waals surface area contributed by atoms with Gasteiger partial charge in [-0.3, -0.25) is 4.79 Å². The number of anilines is 1. The number of aliphatic imine (C=N–C) groups is 1.